The van der Waals surface area contributed by atoms with Gasteiger partial charge in [0.15, 0.2) is 0 Å². The van der Waals surface area contributed by atoms with E-state index >= 15 is 0 Å². The largest absolute Gasteiger partial charge is 0.358 e. The van der Waals surface area contributed by atoms with Gasteiger partial charge in [0.25, 0.3) is 5.91 Å². The van der Waals surface area contributed by atoms with Crippen molar-refractivity contribution in [3.8, 4) is 0 Å². The fraction of sp³-hybridized carbons (Fsp3) is 0.750. The second kappa shape index (κ2) is 3.74. The molecular formula is C8H14N2O3. The maximum absolute atomic E-state index is 11.5. The van der Waals surface area contributed by atoms with Gasteiger partial charge in [0, 0.05) is 7.05 Å². The van der Waals surface area contributed by atoms with Crippen LogP contribution in [0, 0.1) is 5.41 Å². The van der Waals surface area contributed by atoms with Crippen LogP contribution in [0.25, 0.3) is 0 Å². The van der Waals surface area contributed by atoms with Gasteiger partial charge >= 0.3 is 0 Å². The summed E-state index contributed by atoms with van der Waals surface area (Å²) in [6, 6.07) is 0. The first-order valence-electron chi connectivity index (χ1n) is 4.23. The first kappa shape index (κ1) is 9.98. The summed E-state index contributed by atoms with van der Waals surface area (Å²) in [7, 11) is 2.89. The molecule has 1 aliphatic rings. The second-order valence-electron chi connectivity index (χ2n) is 3.15. The summed E-state index contributed by atoms with van der Waals surface area (Å²) >= 11 is 0. The Morgan fingerprint density at radius 2 is 1.92 bits per heavy atom. The Labute approximate surface area is 76.8 Å². The average molecular weight is 186 g/mol. The van der Waals surface area contributed by atoms with Crippen molar-refractivity contribution < 1.29 is 14.4 Å². The highest BCUT2D eigenvalue weighted by molar-refractivity contribution is 6.05. The monoisotopic (exact) mass is 186 g/mol. The summed E-state index contributed by atoms with van der Waals surface area (Å²) in [5, 5.41) is 2.49. The Bertz CT molecular complexity index is 223. The van der Waals surface area contributed by atoms with Crippen LogP contribution in [-0.4, -0.2) is 26.0 Å². The summed E-state index contributed by atoms with van der Waals surface area (Å²) in [6.45, 7) is 0. The number of hydrogen-bond donors (Lipinski definition) is 2. The van der Waals surface area contributed by atoms with Crippen molar-refractivity contribution in [2.75, 3.05) is 14.2 Å². The van der Waals surface area contributed by atoms with Gasteiger partial charge in [-0.25, -0.2) is 5.48 Å². The molecule has 0 heterocycles. The molecule has 0 aromatic carbocycles. The average Bonchev–Trinajstić information content (AvgIpc) is 2.02. The van der Waals surface area contributed by atoms with Crippen molar-refractivity contribution in [2.45, 2.75) is 19.3 Å². The Balaban J connectivity index is 2.69. The quantitative estimate of drug-likeness (QED) is 0.464. The van der Waals surface area contributed by atoms with E-state index in [1.807, 2.05) is 0 Å². The molecule has 2 amide bonds. The molecule has 0 unspecified atom stereocenters. The Kier molecular flexibility index (Phi) is 2.87. The number of hydrogen-bond acceptors (Lipinski definition) is 3. The molecule has 2 N–H and O–H groups in total. The second-order valence-corrected chi connectivity index (χ2v) is 3.15. The van der Waals surface area contributed by atoms with E-state index in [1.165, 1.54) is 14.2 Å². The normalized spacial score (nSPS) is 18.6. The summed E-state index contributed by atoms with van der Waals surface area (Å²) < 4.78 is 0. The van der Waals surface area contributed by atoms with E-state index in [2.05, 4.69) is 15.6 Å². The lowest BCUT2D eigenvalue weighted by Gasteiger charge is -2.37. The lowest BCUT2D eigenvalue weighted by atomic mass is 9.67. The van der Waals surface area contributed by atoms with Crippen molar-refractivity contribution in [3.05, 3.63) is 0 Å². The first-order valence-corrected chi connectivity index (χ1v) is 4.23. The number of amides is 2. The van der Waals surface area contributed by atoms with Gasteiger partial charge < -0.3 is 5.32 Å². The van der Waals surface area contributed by atoms with Crippen LogP contribution in [0.1, 0.15) is 19.3 Å². The molecule has 0 aromatic heterocycles. The molecule has 5 nitrogen and oxygen atoms in total. The minimum absolute atomic E-state index is 0.228. The van der Waals surface area contributed by atoms with E-state index in [0.717, 1.165) is 6.42 Å². The highest BCUT2D eigenvalue weighted by Gasteiger charge is 2.50. The number of rotatable bonds is 3. The molecule has 13 heavy (non-hydrogen) atoms. The van der Waals surface area contributed by atoms with E-state index in [-0.39, 0.29) is 11.8 Å². The topological polar surface area (TPSA) is 67.4 Å². The smallest absolute Gasteiger partial charge is 0.259 e. The van der Waals surface area contributed by atoms with Crippen LogP contribution in [0.3, 0.4) is 0 Å². The van der Waals surface area contributed by atoms with Gasteiger partial charge in [-0.15, -0.1) is 0 Å². The van der Waals surface area contributed by atoms with Gasteiger partial charge in [-0.3, -0.25) is 14.4 Å². The van der Waals surface area contributed by atoms with Gasteiger partial charge in [-0.2, -0.15) is 0 Å². The van der Waals surface area contributed by atoms with Crippen molar-refractivity contribution in [1.29, 1.82) is 0 Å². The van der Waals surface area contributed by atoms with E-state index < -0.39 is 5.41 Å². The molecular weight excluding hydrogens is 172 g/mol. The van der Waals surface area contributed by atoms with Crippen LogP contribution in [0.5, 0.6) is 0 Å². The van der Waals surface area contributed by atoms with Crippen LogP contribution in [-0.2, 0) is 14.4 Å². The van der Waals surface area contributed by atoms with Gasteiger partial charge in [0.2, 0.25) is 5.91 Å². The van der Waals surface area contributed by atoms with E-state index in [9.17, 15) is 9.59 Å². The Morgan fingerprint density at radius 3 is 2.23 bits per heavy atom. The zero-order valence-corrected chi connectivity index (χ0v) is 7.85. The molecule has 0 saturated heterocycles. The maximum Gasteiger partial charge on any atom is 0.259 e. The fourth-order valence-corrected chi connectivity index (χ4v) is 1.52. The van der Waals surface area contributed by atoms with Crippen LogP contribution in [0.4, 0.5) is 0 Å². The zero-order chi connectivity index (χ0) is 9.90. The maximum atomic E-state index is 11.5. The molecule has 5 heteroatoms. The number of carbonyl (C=O) groups excluding carboxylic acids is 2. The molecule has 1 fully saturated rings. The summed E-state index contributed by atoms with van der Waals surface area (Å²) in [6.07, 6.45) is 2.11. The van der Waals surface area contributed by atoms with Crippen LogP contribution < -0.4 is 10.8 Å². The standard InChI is InChI=1S/C8H14N2O3/c1-9-6(11)8(4-3-5-8)7(12)10-13-2/h3-5H2,1-2H3,(H,9,11)(H,10,12). The van der Waals surface area contributed by atoms with Crippen molar-refractivity contribution in [1.82, 2.24) is 10.8 Å². The highest BCUT2D eigenvalue weighted by Crippen LogP contribution is 2.41. The highest BCUT2D eigenvalue weighted by atomic mass is 16.6. The van der Waals surface area contributed by atoms with Crippen molar-refractivity contribution in [3.63, 3.8) is 0 Å². The molecule has 1 aliphatic carbocycles. The summed E-state index contributed by atoms with van der Waals surface area (Å²) in [4.78, 5) is 27.4. The summed E-state index contributed by atoms with van der Waals surface area (Å²) in [5.74, 6) is -0.575. The van der Waals surface area contributed by atoms with Crippen LogP contribution in [0.15, 0.2) is 0 Å². The van der Waals surface area contributed by atoms with E-state index in [1.54, 1.807) is 0 Å². The van der Waals surface area contributed by atoms with Gasteiger partial charge in [0.1, 0.15) is 5.41 Å². The number of carbonyl (C=O) groups is 2. The van der Waals surface area contributed by atoms with E-state index in [4.69, 9.17) is 0 Å². The molecule has 0 bridgehead atoms. The van der Waals surface area contributed by atoms with Crippen molar-refractivity contribution in [2.24, 2.45) is 5.41 Å². The lowest BCUT2D eigenvalue weighted by molar-refractivity contribution is -0.156. The molecule has 0 aliphatic heterocycles. The molecule has 0 aromatic rings. The summed E-state index contributed by atoms with van der Waals surface area (Å²) in [5.41, 5.74) is 1.32. The predicted octanol–water partition coefficient (Wildman–Crippen LogP) is -0.420. The number of hydroxylamine groups is 1. The molecule has 0 atom stereocenters. The number of nitrogens with one attached hydrogen (secondary N) is 2. The molecule has 0 spiro atoms. The van der Waals surface area contributed by atoms with Gasteiger partial charge in [-0.1, -0.05) is 6.42 Å². The first-order chi connectivity index (χ1) is 6.17. The third-order valence-corrected chi connectivity index (χ3v) is 2.50. The Morgan fingerprint density at radius 1 is 1.31 bits per heavy atom. The SMILES string of the molecule is CNC(=O)C1(C(=O)NOC)CCC1. The zero-order valence-electron chi connectivity index (χ0n) is 7.85. The van der Waals surface area contributed by atoms with Crippen LogP contribution >= 0.6 is 0 Å². The molecule has 74 valence electrons. The molecule has 1 saturated carbocycles. The minimum Gasteiger partial charge on any atom is -0.358 e. The van der Waals surface area contributed by atoms with Crippen molar-refractivity contribution >= 4 is 11.8 Å². The molecule has 0 radical (unpaired) electrons. The Hall–Kier alpha value is -1.10. The minimum atomic E-state index is -0.884. The van der Waals surface area contributed by atoms with Gasteiger partial charge in [0.05, 0.1) is 7.11 Å². The van der Waals surface area contributed by atoms with E-state index in [0.29, 0.717) is 12.8 Å². The third-order valence-electron chi connectivity index (χ3n) is 2.50. The van der Waals surface area contributed by atoms with Crippen LogP contribution in [0.2, 0.25) is 0 Å². The molecule has 1 rings (SSSR count). The lowest BCUT2D eigenvalue weighted by Crippen LogP contribution is -2.54. The van der Waals surface area contributed by atoms with Gasteiger partial charge in [-0.05, 0) is 12.8 Å². The fourth-order valence-electron chi connectivity index (χ4n) is 1.52. The predicted molar refractivity (Wildman–Crippen MR) is 45.5 cm³/mol. The third kappa shape index (κ3) is 1.51.